The summed E-state index contributed by atoms with van der Waals surface area (Å²) >= 11 is -1.52. The molecule has 0 aliphatic heterocycles. The van der Waals surface area contributed by atoms with Crippen LogP contribution in [0.2, 0.25) is 0 Å². The average molecular weight is 398 g/mol. The van der Waals surface area contributed by atoms with Crippen LogP contribution in [0.1, 0.15) is 13.8 Å². The number of hydrogen-bond donors (Lipinski definition) is 2. The van der Waals surface area contributed by atoms with Gasteiger partial charge in [-0.05, 0) is 6.92 Å². The first-order valence-electron chi connectivity index (χ1n) is 4.63. The third-order valence-corrected chi connectivity index (χ3v) is 6.55. The quantitative estimate of drug-likeness (QED) is 0.550. The zero-order valence-electron chi connectivity index (χ0n) is 9.01. The zero-order valence-corrected chi connectivity index (χ0v) is 14.5. The van der Waals surface area contributed by atoms with Gasteiger partial charge in [0, 0.05) is 0 Å². The Kier molecular flexibility index (Phi) is 8.55. The summed E-state index contributed by atoms with van der Waals surface area (Å²) in [5.74, 6) is -0.143. The summed E-state index contributed by atoms with van der Waals surface area (Å²) in [4.78, 5) is 10.5. The van der Waals surface area contributed by atoms with E-state index in [-0.39, 0.29) is 5.97 Å². The predicted molar refractivity (Wildman–Crippen MR) is 53.7 cm³/mol. The number of carbonyl (C=O) groups is 1. The van der Waals surface area contributed by atoms with E-state index in [1.165, 1.54) is 16.9 Å². The van der Waals surface area contributed by atoms with E-state index < -0.39 is 31.3 Å². The molecule has 15 heavy (non-hydrogen) atoms. The Morgan fingerprint density at radius 2 is 1.93 bits per heavy atom. The molecular formula is C10H15HgNO3. The molecule has 5 heteroatoms. The van der Waals surface area contributed by atoms with E-state index >= 15 is 0 Å². The van der Waals surface area contributed by atoms with Crippen LogP contribution in [0.3, 0.4) is 0 Å². The summed E-state index contributed by atoms with van der Waals surface area (Å²) in [7, 11) is 0. The molecule has 0 saturated carbocycles. The molecule has 1 aromatic rings. The van der Waals surface area contributed by atoms with Crippen molar-refractivity contribution in [2.45, 2.75) is 20.1 Å². The van der Waals surface area contributed by atoms with Crippen molar-refractivity contribution in [1.29, 1.82) is 0 Å². The van der Waals surface area contributed by atoms with Gasteiger partial charge in [0.15, 0.2) is 0 Å². The number of rotatable bonds is 2. The summed E-state index contributed by atoms with van der Waals surface area (Å²) in [6.07, 6.45) is -0.667. The molecule has 0 aliphatic carbocycles. The molecule has 0 fully saturated rings. The Labute approximate surface area is 103 Å². The third-order valence-electron chi connectivity index (χ3n) is 1.28. The molecule has 1 aromatic carbocycles. The molecule has 0 spiro atoms. The summed E-state index contributed by atoms with van der Waals surface area (Å²) in [5.41, 5.74) is 4.67. The van der Waals surface area contributed by atoms with Gasteiger partial charge in [-0.2, -0.15) is 0 Å². The van der Waals surface area contributed by atoms with Crippen LogP contribution in [-0.4, -0.2) is 17.3 Å². The van der Waals surface area contributed by atoms with Gasteiger partial charge in [-0.15, -0.1) is 0 Å². The van der Waals surface area contributed by atoms with Crippen LogP contribution in [0.4, 0.5) is 0 Å². The van der Waals surface area contributed by atoms with E-state index in [9.17, 15) is 4.79 Å². The number of carbonyl (C=O) groups excluding carboxylic acids is 1. The van der Waals surface area contributed by atoms with Crippen molar-refractivity contribution in [1.82, 2.24) is 0 Å². The molecular weight excluding hydrogens is 383 g/mol. The SMILES string of the molecule is CC(=O)[O][Hg][c]1ccccc1.CC(N)O. The minimum absolute atomic E-state index is 0.143. The average Bonchev–Trinajstić information content (AvgIpc) is 2.15. The normalized spacial score (nSPS) is 10.4. The van der Waals surface area contributed by atoms with Gasteiger partial charge in [-0.25, -0.2) is 0 Å². The largest absolute Gasteiger partial charge is 0.379 e. The fourth-order valence-electron chi connectivity index (χ4n) is 0.759. The second-order valence-electron chi connectivity index (χ2n) is 3.01. The number of nitrogens with two attached hydrogens (primary N) is 1. The standard InChI is InChI=1S/C6H5.C2H7NO.C2H4O2.Hg/c1-2-4-6-5-3-1;2*1-2(3)4;/h1-5H;2,4H,3H2,1H3;1H3,(H,3,4);/q;;;+1/p-1. The van der Waals surface area contributed by atoms with Crippen LogP contribution in [-0.2, 0) is 32.5 Å². The second kappa shape index (κ2) is 8.82. The Morgan fingerprint density at radius 3 is 2.33 bits per heavy atom. The topological polar surface area (TPSA) is 72.5 Å². The number of aliphatic hydroxyl groups is 1. The fraction of sp³-hybridized carbons (Fsp3) is 0.300. The molecule has 0 radical (unpaired) electrons. The summed E-state index contributed by atoms with van der Waals surface area (Å²) in [5, 5.41) is 7.83. The maximum Gasteiger partial charge on any atom is 0.0991 e. The van der Waals surface area contributed by atoms with Crippen LogP contribution >= 0.6 is 0 Å². The van der Waals surface area contributed by atoms with Crippen LogP contribution in [0.15, 0.2) is 30.3 Å². The summed E-state index contributed by atoms with van der Waals surface area (Å²) in [6.45, 7) is 2.96. The van der Waals surface area contributed by atoms with Gasteiger partial charge in [0.25, 0.3) is 0 Å². The summed E-state index contributed by atoms with van der Waals surface area (Å²) < 4.78 is 6.25. The Morgan fingerprint density at radius 1 is 1.47 bits per heavy atom. The van der Waals surface area contributed by atoms with Gasteiger partial charge in [0.05, 0.1) is 6.23 Å². The molecule has 80 valence electrons. The molecule has 4 nitrogen and oxygen atoms in total. The van der Waals surface area contributed by atoms with Crippen molar-refractivity contribution in [2.24, 2.45) is 5.73 Å². The van der Waals surface area contributed by atoms with E-state index in [4.69, 9.17) is 7.75 Å². The molecule has 0 heterocycles. The molecule has 1 atom stereocenters. The van der Waals surface area contributed by atoms with Gasteiger partial charge in [-0.1, -0.05) is 0 Å². The molecule has 1 rings (SSSR count). The second-order valence-corrected chi connectivity index (χ2v) is 8.43. The minimum Gasteiger partial charge on any atom is -0.379 e. The maximum atomic E-state index is 10.5. The molecule has 1 unspecified atom stereocenters. The van der Waals surface area contributed by atoms with Gasteiger partial charge in [0.2, 0.25) is 0 Å². The van der Waals surface area contributed by atoms with Crippen LogP contribution < -0.4 is 8.81 Å². The van der Waals surface area contributed by atoms with Crippen LogP contribution in [0, 0.1) is 0 Å². The van der Waals surface area contributed by atoms with E-state index in [1.807, 2.05) is 30.3 Å². The van der Waals surface area contributed by atoms with Gasteiger partial charge in [0.1, 0.15) is 0 Å². The van der Waals surface area contributed by atoms with Crippen LogP contribution in [0.5, 0.6) is 0 Å². The zero-order chi connectivity index (χ0) is 11.7. The maximum absolute atomic E-state index is 10.5. The van der Waals surface area contributed by atoms with Crippen molar-refractivity contribution in [3.05, 3.63) is 30.3 Å². The van der Waals surface area contributed by atoms with Gasteiger partial charge < -0.3 is 10.8 Å². The fourth-order valence-corrected chi connectivity index (χ4v) is 4.00. The molecule has 0 bridgehead atoms. The van der Waals surface area contributed by atoms with Crippen LogP contribution in [0.25, 0.3) is 0 Å². The molecule has 0 aromatic heterocycles. The van der Waals surface area contributed by atoms with E-state index in [0.29, 0.717) is 0 Å². The molecule has 0 saturated heterocycles. The van der Waals surface area contributed by atoms with Crippen molar-refractivity contribution in [3.8, 4) is 0 Å². The Balaban J connectivity index is 0.000000423. The van der Waals surface area contributed by atoms with Crippen molar-refractivity contribution in [2.75, 3.05) is 0 Å². The predicted octanol–water partition coefficient (Wildman–Crippen LogP) is 0.156. The van der Waals surface area contributed by atoms with Gasteiger partial charge >= 0.3 is 78.8 Å². The van der Waals surface area contributed by atoms with Crippen molar-refractivity contribution in [3.63, 3.8) is 0 Å². The monoisotopic (exact) mass is 399 g/mol. The van der Waals surface area contributed by atoms with E-state index in [2.05, 4.69) is 5.73 Å². The Bertz CT molecular complexity index is 275. The molecule has 0 aliphatic rings. The minimum atomic E-state index is -1.52. The summed E-state index contributed by atoms with van der Waals surface area (Å²) in [6, 6.07) is 9.94. The number of aliphatic hydroxyl groups excluding tert-OH is 1. The van der Waals surface area contributed by atoms with E-state index in [0.717, 1.165) is 0 Å². The van der Waals surface area contributed by atoms with Crippen molar-refractivity contribution >= 4 is 9.04 Å². The number of benzene rings is 1. The first kappa shape index (κ1) is 14.5. The Hall–Kier alpha value is -0.455. The van der Waals surface area contributed by atoms with E-state index in [1.54, 1.807) is 0 Å². The molecule has 3 N–H and O–H groups in total. The molecule has 0 amide bonds. The first-order chi connectivity index (χ1) is 7.02. The number of hydrogen-bond acceptors (Lipinski definition) is 4. The van der Waals surface area contributed by atoms with Crippen molar-refractivity contribution < 1.29 is 37.6 Å². The third kappa shape index (κ3) is 11.5. The smallest absolute Gasteiger partial charge is 0.0991 e. The van der Waals surface area contributed by atoms with Gasteiger partial charge in [-0.3, -0.25) is 0 Å². The first-order valence-corrected chi connectivity index (χ1v) is 9.62.